The maximum absolute atomic E-state index is 8.89. The largest absolute Gasteiger partial charge is 0.398 e. The van der Waals surface area contributed by atoms with Crippen molar-refractivity contribution in [2.45, 2.75) is 6.92 Å². The van der Waals surface area contributed by atoms with Crippen molar-refractivity contribution in [3.05, 3.63) is 35.5 Å². The standard InChI is InChI=1S/C11H9N3/c1-7-5-10(13)9-4-2-3-8(6-12)11(9)14-7/h2-5H,1H3,(H2,13,14). The minimum absolute atomic E-state index is 0.568. The van der Waals surface area contributed by atoms with Gasteiger partial charge in [-0.2, -0.15) is 5.26 Å². The van der Waals surface area contributed by atoms with E-state index in [-0.39, 0.29) is 0 Å². The lowest BCUT2D eigenvalue weighted by Gasteiger charge is -2.03. The Balaban J connectivity index is 2.95. The molecule has 0 spiro atoms. The number of pyridine rings is 1. The third-order valence-electron chi connectivity index (χ3n) is 2.12. The molecule has 1 heterocycles. The highest BCUT2D eigenvalue weighted by Crippen LogP contribution is 2.22. The molecule has 2 aromatic rings. The molecule has 14 heavy (non-hydrogen) atoms. The van der Waals surface area contributed by atoms with E-state index in [1.165, 1.54) is 0 Å². The van der Waals surface area contributed by atoms with Crippen molar-refractivity contribution in [1.29, 1.82) is 5.26 Å². The molecular weight excluding hydrogens is 174 g/mol. The minimum atomic E-state index is 0.568. The number of hydrogen-bond acceptors (Lipinski definition) is 3. The molecule has 0 amide bonds. The molecule has 2 rings (SSSR count). The van der Waals surface area contributed by atoms with Crippen LogP contribution in [0.1, 0.15) is 11.3 Å². The van der Waals surface area contributed by atoms with E-state index >= 15 is 0 Å². The Morgan fingerprint density at radius 2 is 2.21 bits per heavy atom. The Morgan fingerprint density at radius 1 is 1.43 bits per heavy atom. The monoisotopic (exact) mass is 183 g/mol. The molecule has 0 unspecified atom stereocenters. The van der Waals surface area contributed by atoms with Crippen molar-refractivity contribution in [3.8, 4) is 6.07 Å². The van der Waals surface area contributed by atoms with Crippen LogP contribution in [0.4, 0.5) is 5.69 Å². The number of hydrogen-bond donors (Lipinski definition) is 1. The molecule has 0 aliphatic carbocycles. The van der Waals surface area contributed by atoms with Crippen molar-refractivity contribution < 1.29 is 0 Å². The molecule has 0 atom stereocenters. The predicted molar refractivity (Wildman–Crippen MR) is 55.6 cm³/mol. The second kappa shape index (κ2) is 3.00. The van der Waals surface area contributed by atoms with Crippen molar-refractivity contribution >= 4 is 16.6 Å². The van der Waals surface area contributed by atoms with Crippen LogP contribution in [0.15, 0.2) is 24.3 Å². The van der Waals surface area contributed by atoms with Gasteiger partial charge in [0.05, 0.1) is 11.1 Å². The van der Waals surface area contributed by atoms with Gasteiger partial charge in [0.15, 0.2) is 0 Å². The summed E-state index contributed by atoms with van der Waals surface area (Å²) in [6.45, 7) is 1.87. The van der Waals surface area contributed by atoms with Gasteiger partial charge in [-0.05, 0) is 19.1 Å². The molecule has 0 bridgehead atoms. The molecule has 1 aromatic carbocycles. The number of para-hydroxylation sites is 1. The number of nitrogens with zero attached hydrogens (tertiary/aromatic N) is 2. The van der Waals surface area contributed by atoms with E-state index < -0.39 is 0 Å². The SMILES string of the molecule is Cc1cc(N)c2cccc(C#N)c2n1. The smallest absolute Gasteiger partial charge is 0.101 e. The predicted octanol–water partition coefficient (Wildman–Crippen LogP) is 2.00. The molecule has 2 N–H and O–H groups in total. The summed E-state index contributed by atoms with van der Waals surface area (Å²) in [6, 6.07) is 9.35. The van der Waals surface area contributed by atoms with Crippen LogP contribution in [-0.4, -0.2) is 4.98 Å². The number of anilines is 1. The van der Waals surface area contributed by atoms with Gasteiger partial charge in [0.2, 0.25) is 0 Å². The summed E-state index contributed by atoms with van der Waals surface area (Å²) in [5, 5.41) is 9.73. The maximum atomic E-state index is 8.89. The molecule has 0 aliphatic heterocycles. The van der Waals surface area contributed by atoms with Crippen LogP contribution in [0.25, 0.3) is 10.9 Å². The van der Waals surface area contributed by atoms with E-state index in [1.54, 1.807) is 6.07 Å². The second-order valence-electron chi connectivity index (χ2n) is 3.17. The van der Waals surface area contributed by atoms with Crippen molar-refractivity contribution in [1.82, 2.24) is 4.98 Å². The van der Waals surface area contributed by atoms with Gasteiger partial charge < -0.3 is 5.73 Å². The normalized spacial score (nSPS) is 10.0. The fraction of sp³-hybridized carbons (Fsp3) is 0.0909. The zero-order valence-corrected chi connectivity index (χ0v) is 7.78. The van der Waals surface area contributed by atoms with Crippen LogP contribution in [0.3, 0.4) is 0 Å². The van der Waals surface area contributed by atoms with Gasteiger partial charge >= 0.3 is 0 Å². The number of nitrogen functional groups attached to an aromatic ring is 1. The molecule has 1 aromatic heterocycles. The molecule has 0 fully saturated rings. The molecule has 3 nitrogen and oxygen atoms in total. The highest BCUT2D eigenvalue weighted by Gasteiger charge is 2.04. The molecule has 0 saturated heterocycles. The van der Waals surface area contributed by atoms with Gasteiger partial charge in [-0.15, -0.1) is 0 Å². The average Bonchev–Trinajstić information content (AvgIpc) is 2.17. The zero-order valence-electron chi connectivity index (χ0n) is 7.78. The van der Waals surface area contributed by atoms with Crippen LogP contribution in [-0.2, 0) is 0 Å². The Kier molecular flexibility index (Phi) is 1.83. The number of aromatic nitrogens is 1. The van der Waals surface area contributed by atoms with Gasteiger partial charge in [-0.3, -0.25) is 4.98 Å². The minimum Gasteiger partial charge on any atom is -0.398 e. The topological polar surface area (TPSA) is 62.7 Å². The second-order valence-corrected chi connectivity index (χ2v) is 3.17. The van der Waals surface area contributed by atoms with Gasteiger partial charge in [0, 0.05) is 16.8 Å². The third-order valence-corrected chi connectivity index (χ3v) is 2.12. The number of nitrogens with two attached hydrogens (primary N) is 1. The van der Waals surface area contributed by atoms with E-state index in [0.29, 0.717) is 16.8 Å². The Bertz CT molecular complexity index is 538. The molecular formula is C11H9N3. The van der Waals surface area contributed by atoms with E-state index in [9.17, 15) is 0 Å². The van der Waals surface area contributed by atoms with Gasteiger partial charge in [0.1, 0.15) is 6.07 Å². The van der Waals surface area contributed by atoms with E-state index in [1.807, 2.05) is 25.1 Å². The molecule has 68 valence electrons. The molecule has 0 radical (unpaired) electrons. The highest BCUT2D eigenvalue weighted by molar-refractivity contribution is 5.93. The van der Waals surface area contributed by atoms with Crippen molar-refractivity contribution in [2.75, 3.05) is 5.73 Å². The van der Waals surface area contributed by atoms with Gasteiger partial charge in [-0.1, -0.05) is 12.1 Å². The van der Waals surface area contributed by atoms with Crippen LogP contribution >= 0.6 is 0 Å². The van der Waals surface area contributed by atoms with Crippen molar-refractivity contribution in [2.24, 2.45) is 0 Å². The number of rotatable bonds is 0. The van der Waals surface area contributed by atoms with E-state index in [4.69, 9.17) is 11.0 Å². The highest BCUT2D eigenvalue weighted by atomic mass is 14.7. The number of fused-ring (bicyclic) bond motifs is 1. The fourth-order valence-corrected chi connectivity index (χ4v) is 1.50. The van der Waals surface area contributed by atoms with Crippen LogP contribution in [0, 0.1) is 18.3 Å². The summed E-state index contributed by atoms with van der Waals surface area (Å²) in [5.74, 6) is 0. The maximum Gasteiger partial charge on any atom is 0.101 e. The van der Waals surface area contributed by atoms with Crippen LogP contribution < -0.4 is 5.73 Å². The molecule has 3 heteroatoms. The first-order chi connectivity index (χ1) is 6.72. The first kappa shape index (κ1) is 8.52. The lowest BCUT2D eigenvalue weighted by molar-refractivity contribution is 1.25. The lowest BCUT2D eigenvalue weighted by Crippen LogP contribution is -1.93. The summed E-state index contributed by atoms with van der Waals surface area (Å²) in [6.07, 6.45) is 0. The van der Waals surface area contributed by atoms with Gasteiger partial charge in [-0.25, -0.2) is 0 Å². The van der Waals surface area contributed by atoms with E-state index in [0.717, 1.165) is 11.1 Å². The summed E-state index contributed by atoms with van der Waals surface area (Å²) >= 11 is 0. The first-order valence-electron chi connectivity index (χ1n) is 4.28. The zero-order chi connectivity index (χ0) is 10.1. The molecule has 0 aliphatic rings. The Morgan fingerprint density at radius 3 is 2.93 bits per heavy atom. The summed E-state index contributed by atoms with van der Waals surface area (Å²) in [4.78, 5) is 4.30. The number of benzene rings is 1. The Hall–Kier alpha value is -2.08. The van der Waals surface area contributed by atoms with Crippen LogP contribution in [0.5, 0.6) is 0 Å². The van der Waals surface area contributed by atoms with E-state index in [2.05, 4.69) is 11.1 Å². The van der Waals surface area contributed by atoms with Gasteiger partial charge in [0.25, 0.3) is 0 Å². The summed E-state index contributed by atoms with van der Waals surface area (Å²) in [5.41, 5.74) is 8.59. The third kappa shape index (κ3) is 1.17. The fourth-order valence-electron chi connectivity index (χ4n) is 1.50. The van der Waals surface area contributed by atoms with Crippen molar-refractivity contribution in [3.63, 3.8) is 0 Å². The number of nitriles is 1. The summed E-state index contributed by atoms with van der Waals surface area (Å²) in [7, 11) is 0. The van der Waals surface area contributed by atoms with Crippen LogP contribution in [0.2, 0.25) is 0 Å². The Labute approximate surface area is 81.8 Å². The quantitative estimate of drug-likeness (QED) is 0.679. The lowest BCUT2D eigenvalue weighted by atomic mass is 10.1. The first-order valence-corrected chi connectivity index (χ1v) is 4.28. The number of aryl methyl sites for hydroxylation is 1. The average molecular weight is 183 g/mol. The molecule has 0 saturated carbocycles. The summed E-state index contributed by atoms with van der Waals surface area (Å²) < 4.78 is 0.